The molecule has 1 aliphatic carbocycles. The summed E-state index contributed by atoms with van der Waals surface area (Å²) in [5.74, 6) is 0.535. The third kappa shape index (κ3) is 5.15. The van der Waals surface area contributed by atoms with Gasteiger partial charge in [0.15, 0.2) is 11.6 Å². The number of aliphatic hydroxyl groups is 1. The molecule has 1 aromatic carbocycles. The van der Waals surface area contributed by atoms with Crippen LogP contribution in [0, 0.1) is 5.82 Å². The van der Waals surface area contributed by atoms with Crippen molar-refractivity contribution >= 4 is 5.95 Å². The molecule has 208 valence electrons. The van der Waals surface area contributed by atoms with Crippen LogP contribution in [0.1, 0.15) is 68.5 Å². The normalized spacial score (nSPS) is 23.5. The molecule has 0 radical (unpaired) electrons. The Bertz CT molecular complexity index is 1380. The Hall–Kier alpha value is -3.01. The molecule has 2 aromatic heterocycles. The molecular formula is C30H39FN6O2. The first-order valence-electron chi connectivity index (χ1n) is 14.6. The maximum Gasteiger partial charge on any atom is 0.202 e. The molecule has 1 unspecified atom stereocenters. The number of fused-ring (bicyclic) bond motifs is 2. The van der Waals surface area contributed by atoms with Crippen LogP contribution in [-0.2, 0) is 25.0 Å². The molecule has 6 rings (SSSR count). The standard InChI is InChI=1S/C30H39FN6O2/c1-4-39-27-13-26(34-14-25(27)31)20(2)37-17-23-12-21(15-36-10-8-33-29(36)32-3)11-22(16-35-9-5-24(38)18-35)28(23)30(19-37)6-7-30/h8,10-14,20,24,38H,4-7,9,15-19H2,1-3H3,(H,32,33)/t20-,24+/m0/s1/i17D/t17?,20-,24+. The lowest BCUT2D eigenvalue weighted by Crippen LogP contribution is -2.41. The molecular weight excluding hydrogens is 495 g/mol. The average Bonchev–Trinajstić information content (AvgIpc) is 3.35. The van der Waals surface area contributed by atoms with Crippen LogP contribution in [0.2, 0.25) is 0 Å². The number of anilines is 1. The molecule has 2 fully saturated rings. The Morgan fingerprint density at radius 3 is 2.85 bits per heavy atom. The number of nitrogens with zero attached hydrogens (tertiary/aromatic N) is 5. The van der Waals surface area contributed by atoms with Crippen LogP contribution in [0.5, 0.6) is 5.75 Å². The van der Waals surface area contributed by atoms with Crippen molar-refractivity contribution in [2.75, 3.05) is 38.6 Å². The number of benzene rings is 1. The number of nitrogens with one attached hydrogen (secondary N) is 1. The zero-order valence-corrected chi connectivity index (χ0v) is 23.0. The van der Waals surface area contributed by atoms with Crippen LogP contribution in [0.4, 0.5) is 10.3 Å². The van der Waals surface area contributed by atoms with Crippen LogP contribution < -0.4 is 10.1 Å². The van der Waals surface area contributed by atoms with Gasteiger partial charge in [-0.05, 0) is 55.4 Å². The van der Waals surface area contributed by atoms with Gasteiger partial charge in [-0.2, -0.15) is 0 Å². The van der Waals surface area contributed by atoms with Crippen molar-refractivity contribution in [2.45, 2.75) is 70.3 Å². The number of likely N-dealkylation sites (tertiary alicyclic amines) is 1. The predicted octanol–water partition coefficient (Wildman–Crippen LogP) is 4.08. The van der Waals surface area contributed by atoms with E-state index in [1.807, 2.05) is 20.2 Å². The average molecular weight is 536 g/mol. The lowest BCUT2D eigenvalue weighted by Gasteiger charge is -2.40. The van der Waals surface area contributed by atoms with Gasteiger partial charge < -0.3 is 19.7 Å². The van der Waals surface area contributed by atoms with Gasteiger partial charge in [-0.3, -0.25) is 14.8 Å². The highest BCUT2D eigenvalue weighted by atomic mass is 19.1. The predicted molar refractivity (Wildman–Crippen MR) is 148 cm³/mol. The highest BCUT2D eigenvalue weighted by Crippen LogP contribution is 2.55. The highest BCUT2D eigenvalue weighted by Gasteiger charge is 2.51. The van der Waals surface area contributed by atoms with Crippen LogP contribution >= 0.6 is 0 Å². The molecule has 8 nitrogen and oxygen atoms in total. The number of aromatic nitrogens is 3. The SMILES string of the molecule is [2H]C1c2cc(Cn3ccnc3NC)cc(CN3CC[C@@H](O)C3)c2C2(CC2)CN1[C@@H](C)c1cc(OCC)c(F)cn1. The number of pyridine rings is 1. The number of hydrogen-bond donors (Lipinski definition) is 2. The Labute approximate surface area is 231 Å². The summed E-state index contributed by atoms with van der Waals surface area (Å²) < 4.78 is 31.4. The molecule has 1 saturated heterocycles. The Morgan fingerprint density at radius 2 is 2.13 bits per heavy atom. The lowest BCUT2D eigenvalue weighted by atomic mass is 9.81. The molecule has 0 amide bonds. The van der Waals surface area contributed by atoms with Gasteiger partial charge in [-0.1, -0.05) is 12.1 Å². The van der Waals surface area contributed by atoms with Gasteiger partial charge in [0.25, 0.3) is 0 Å². The van der Waals surface area contributed by atoms with Crippen molar-refractivity contribution in [1.29, 1.82) is 0 Å². The smallest absolute Gasteiger partial charge is 0.202 e. The summed E-state index contributed by atoms with van der Waals surface area (Å²) in [4.78, 5) is 13.3. The quantitative estimate of drug-likeness (QED) is 0.428. The van der Waals surface area contributed by atoms with Gasteiger partial charge in [0.05, 0.1) is 31.1 Å². The Balaban J connectivity index is 1.39. The van der Waals surface area contributed by atoms with E-state index < -0.39 is 12.3 Å². The molecule has 3 aromatic rings. The van der Waals surface area contributed by atoms with E-state index in [4.69, 9.17) is 4.74 Å². The third-order valence-electron chi connectivity index (χ3n) is 8.48. The summed E-state index contributed by atoms with van der Waals surface area (Å²) in [7, 11) is 1.87. The van der Waals surface area contributed by atoms with Crippen LogP contribution in [0.25, 0.3) is 0 Å². The molecule has 1 spiro atoms. The minimum absolute atomic E-state index is 0.00126. The Morgan fingerprint density at radius 1 is 1.28 bits per heavy atom. The molecule has 39 heavy (non-hydrogen) atoms. The summed E-state index contributed by atoms with van der Waals surface area (Å²) in [5.41, 5.74) is 5.48. The summed E-state index contributed by atoms with van der Waals surface area (Å²) in [6.07, 6.45) is 7.67. The summed E-state index contributed by atoms with van der Waals surface area (Å²) >= 11 is 0. The second kappa shape index (κ2) is 10.5. The van der Waals surface area contributed by atoms with Gasteiger partial charge in [0.1, 0.15) is 0 Å². The van der Waals surface area contributed by atoms with E-state index in [-0.39, 0.29) is 23.3 Å². The van der Waals surface area contributed by atoms with Crippen LogP contribution in [-0.4, -0.2) is 68.8 Å². The van der Waals surface area contributed by atoms with Crippen molar-refractivity contribution in [3.05, 3.63) is 70.6 Å². The largest absolute Gasteiger partial charge is 0.491 e. The zero-order chi connectivity index (χ0) is 28.0. The summed E-state index contributed by atoms with van der Waals surface area (Å²) in [5, 5.41) is 13.3. The molecule has 2 N–H and O–H groups in total. The van der Waals surface area contributed by atoms with Crippen LogP contribution in [0.15, 0.2) is 36.8 Å². The second-order valence-electron chi connectivity index (χ2n) is 11.3. The van der Waals surface area contributed by atoms with Crippen LogP contribution in [0.3, 0.4) is 0 Å². The zero-order valence-electron chi connectivity index (χ0n) is 24.0. The lowest BCUT2D eigenvalue weighted by molar-refractivity contribution is 0.160. The van der Waals surface area contributed by atoms with E-state index in [0.717, 1.165) is 56.0 Å². The van der Waals surface area contributed by atoms with E-state index in [1.165, 1.54) is 17.3 Å². The summed E-state index contributed by atoms with van der Waals surface area (Å²) in [6.45, 7) is 7.42. The number of imidazole rings is 1. The molecule has 2 aliphatic heterocycles. The second-order valence-corrected chi connectivity index (χ2v) is 11.3. The first kappa shape index (κ1) is 25.0. The van der Waals surface area contributed by atoms with Crippen molar-refractivity contribution in [2.24, 2.45) is 0 Å². The van der Waals surface area contributed by atoms with E-state index >= 15 is 0 Å². The molecule has 3 aliphatic rings. The fraction of sp³-hybridized carbons (Fsp3) is 0.533. The molecule has 3 atom stereocenters. The van der Waals surface area contributed by atoms with E-state index in [1.54, 1.807) is 12.3 Å². The van der Waals surface area contributed by atoms with Gasteiger partial charge in [0, 0.05) is 71.0 Å². The number of halogens is 1. The topological polar surface area (TPSA) is 78.7 Å². The van der Waals surface area contributed by atoms with Gasteiger partial charge in [-0.25, -0.2) is 9.37 Å². The number of hydrogen-bond acceptors (Lipinski definition) is 7. The minimum atomic E-state index is -0.590. The number of aliphatic hydroxyl groups excluding tert-OH is 1. The van der Waals surface area contributed by atoms with Gasteiger partial charge in [-0.15, -0.1) is 0 Å². The first-order valence-corrected chi connectivity index (χ1v) is 14.0. The molecule has 4 heterocycles. The maximum absolute atomic E-state index is 14.3. The molecule has 1 saturated carbocycles. The fourth-order valence-corrected chi connectivity index (χ4v) is 6.38. The van der Waals surface area contributed by atoms with Crippen molar-refractivity contribution < 1.29 is 15.6 Å². The number of rotatable bonds is 9. The summed E-state index contributed by atoms with van der Waals surface area (Å²) in [6, 6.07) is 6.02. The third-order valence-corrected chi connectivity index (χ3v) is 8.48. The number of ether oxygens (including phenoxy) is 1. The van der Waals surface area contributed by atoms with Crippen molar-refractivity contribution in [3.8, 4) is 5.75 Å². The van der Waals surface area contributed by atoms with Crippen molar-refractivity contribution in [3.63, 3.8) is 0 Å². The minimum Gasteiger partial charge on any atom is -0.491 e. The fourth-order valence-electron chi connectivity index (χ4n) is 6.38. The van der Waals surface area contributed by atoms with Crippen molar-refractivity contribution in [1.82, 2.24) is 24.3 Å². The van der Waals surface area contributed by atoms with Gasteiger partial charge in [0.2, 0.25) is 5.95 Å². The van der Waals surface area contributed by atoms with Gasteiger partial charge >= 0.3 is 0 Å². The first-order chi connectivity index (χ1) is 19.3. The van der Waals surface area contributed by atoms with E-state index in [2.05, 4.69) is 48.7 Å². The Kier molecular flexibility index (Phi) is 6.74. The van der Waals surface area contributed by atoms with E-state index in [9.17, 15) is 10.9 Å². The number of β-amino-alcohol motifs (C(OH)–C–C–N with tert-alkyl or cyclic N) is 1. The molecule has 9 heteroatoms. The molecule has 0 bridgehead atoms. The monoisotopic (exact) mass is 535 g/mol. The van der Waals surface area contributed by atoms with E-state index in [0.29, 0.717) is 25.4 Å². The highest BCUT2D eigenvalue weighted by molar-refractivity contribution is 5.50. The maximum atomic E-state index is 14.3.